The number of ether oxygens (including phenoxy) is 2. The summed E-state index contributed by atoms with van der Waals surface area (Å²) in [4.78, 5) is 17.2. The number of aromatic amines is 1. The van der Waals surface area contributed by atoms with Crippen molar-refractivity contribution < 1.29 is 19.4 Å². The van der Waals surface area contributed by atoms with Crippen molar-refractivity contribution in [3.05, 3.63) is 42.9 Å². The molecule has 0 fully saturated rings. The number of para-hydroxylation sites is 1. The number of carbonyl (C=O) groups is 1. The van der Waals surface area contributed by atoms with Gasteiger partial charge in [0.05, 0.1) is 18.9 Å². The Balaban J connectivity index is 1.99. The zero-order chi connectivity index (χ0) is 13.5. The number of carboxylic acids is 1. The van der Waals surface area contributed by atoms with Crippen molar-refractivity contribution in [2.24, 2.45) is 0 Å². The summed E-state index contributed by atoms with van der Waals surface area (Å²) < 4.78 is 11.1. The Morgan fingerprint density at radius 2 is 2.11 bits per heavy atom. The zero-order valence-corrected chi connectivity index (χ0v) is 10.2. The fourth-order valence-corrected chi connectivity index (χ4v) is 1.48. The molecule has 0 radical (unpaired) electrons. The second-order valence-electron chi connectivity index (χ2n) is 3.83. The fourth-order valence-electron chi connectivity index (χ4n) is 1.48. The van der Waals surface area contributed by atoms with E-state index < -0.39 is 12.3 Å². The molecule has 0 aliphatic rings. The normalized spacial score (nSPS) is 11.8. The Morgan fingerprint density at radius 1 is 1.32 bits per heavy atom. The standard InChI is InChI=1S/C13H14N2O4/c16-12(17)6-7-13(19-11-8-14-9-15-11)18-10-4-2-1-3-5-10/h1-5,8-9,13H,6-7H2,(H,14,15)(H,16,17). The first-order valence-electron chi connectivity index (χ1n) is 5.82. The molecule has 0 saturated heterocycles. The predicted molar refractivity (Wildman–Crippen MR) is 66.9 cm³/mol. The summed E-state index contributed by atoms with van der Waals surface area (Å²) >= 11 is 0. The molecule has 0 saturated carbocycles. The summed E-state index contributed by atoms with van der Waals surface area (Å²) in [5.74, 6) is 0.165. The van der Waals surface area contributed by atoms with Gasteiger partial charge < -0.3 is 19.6 Å². The molecule has 6 nitrogen and oxygen atoms in total. The van der Waals surface area contributed by atoms with Gasteiger partial charge in [0.1, 0.15) is 5.75 Å². The summed E-state index contributed by atoms with van der Waals surface area (Å²) in [5, 5.41) is 8.72. The van der Waals surface area contributed by atoms with E-state index in [9.17, 15) is 4.79 Å². The fraction of sp³-hybridized carbons (Fsp3) is 0.231. The van der Waals surface area contributed by atoms with Crippen LogP contribution in [0.3, 0.4) is 0 Å². The quantitative estimate of drug-likeness (QED) is 0.746. The molecule has 0 bridgehead atoms. The minimum absolute atomic E-state index is 0.0361. The summed E-state index contributed by atoms with van der Waals surface area (Å²) in [6.07, 6.45) is 2.50. The predicted octanol–water partition coefficient (Wildman–Crippen LogP) is 2.06. The average molecular weight is 262 g/mol. The lowest BCUT2D eigenvalue weighted by Gasteiger charge is -2.18. The van der Waals surface area contributed by atoms with Crippen molar-refractivity contribution in [3.8, 4) is 11.6 Å². The van der Waals surface area contributed by atoms with Gasteiger partial charge in [0.2, 0.25) is 12.2 Å². The highest BCUT2D eigenvalue weighted by Crippen LogP contribution is 2.16. The van der Waals surface area contributed by atoms with Crippen molar-refractivity contribution in [3.63, 3.8) is 0 Å². The van der Waals surface area contributed by atoms with Crippen LogP contribution in [0.15, 0.2) is 42.9 Å². The van der Waals surface area contributed by atoms with E-state index in [1.807, 2.05) is 18.2 Å². The number of aromatic nitrogens is 2. The largest absolute Gasteiger partial charge is 0.481 e. The molecule has 0 aliphatic carbocycles. The molecule has 1 aromatic carbocycles. The van der Waals surface area contributed by atoms with Crippen LogP contribution in [0.1, 0.15) is 12.8 Å². The number of carboxylic acid groups (broad SMARTS) is 1. The Labute approximate surface area is 110 Å². The lowest BCUT2D eigenvalue weighted by molar-refractivity contribution is -0.138. The molecule has 0 amide bonds. The van der Waals surface area contributed by atoms with E-state index in [0.29, 0.717) is 11.6 Å². The highest BCUT2D eigenvalue weighted by atomic mass is 16.7. The third kappa shape index (κ3) is 4.34. The van der Waals surface area contributed by atoms with Crippen molar-refractivity contribution in [1.82, 2.24) is 9.97 Å². The van der Waals surface area contributed by atoms with E-state index in [-0.39, 0.29) is 12.8 Å². The number of hydrogen-bond acceptors (Lipinski definition) is 4. The van der Waals surface area contributed by atoms with Crippen molar-refractivity contribution >= 4 is 5.97 Å². The van der Waals surface area contributed by atoms with Gasteiger partial charge in [-0.2, -0.15) is 0 Å². The van der Waals surface area contributed by atoms with Gasteiger partial charge in [-0.1, -0.05) is 18.2 Å². The second-order valence-corrected chi connectivity index (χ2v) is 3.83. The number of benzene rings is 1. The van der Waals surface area contributed by atoms with Gasteiger partial charge >= 0.3 is 5.97 Å². The topological polar surface area (TPSA) is 84.4 Å². The maximum absolute atomic E-state index is 10.6. The van der Waals surface area contributed by atoms with Crippen LogP contribution in [0.5, 0.6) is 11.6 Å². The van der Waals surface area contributed by atoms with Crippen LogP contribution >= 0.6 is 0 Å². The monoisotopic (exact) mass is 262 g/mol. The van der Waals surface area contributed by atoms with Crippen molar-refractivity contribution in [1.29, 1.82) is 0 Å². The molecule has 2 aromatic rings. The summed E-state index contributed by atoms with van der Waals surface area (Å²) in [6.45, 7) is 0. The highest BCUT2D eigenvalue weighted by Gasteiger charge is 2.15. The SMILES string of the molecule is O=C(O)CCC(Oc1ccccc1)Oc1cnc[nH]1. The second kappa shape index (κ2) is 6.44. The first-order valence-corrected chi connectivity index (χ1v) is 5.82. The Bertz CT molecular complexity index is 499. The highest BCUT2D eigenvalue weighted by molar-refractivity contribution is 5.66. The number of rotatable bonds is 7. The maximum Gasteiger partial charge on any atom is 0.303 e. The molecule has 6 heteroatoms. The van der Waals surface area contributed by atoms with Gasteiger partial charge in [0.15, 0.2) is 0 Å². The van der Waals surface area contributed by atoms with Crippen LogP contribution in [0.25, 0.3) is 0 Å². The van der Waals surface area contributed by atoms with Gasteiger partial charge in [-0.15, -0.1) is 0 Å². The third-order valence-corrected chi connectivity index (χ3v) is 2.34. The first-order chi connectivity index (χ1) is 9.24. The molecule has 1 aromatic heterocycles. The van der Waals surface area contributed by atoms with Gasteiger partial charge in [-0.05, 0) is 12.1 Å². The Morgan fingerprint density at radius 3 is 2.74 bits per heavy atom. The molecule has 19 heavy (non-hydrogen) atoms. The van der Waals surface area contributed by atoms with E-state index in [0.717, 1.165) is 0 Å². The molecule has 2 rings (SSSR count). The van der Waals surface area contributed by atoms with Gasteiger partial charge in [0, 0.05) is 6.42 Å². The maximum atomic E-state index is 10.6. The Hall–Kier alpha value is -2.50. The van der Waals surface area contributed by atoms with Crippen LogP contribution < -0.4 is 9.47 Å². The molecule has 100 valence electrons. The molecule has 0 aliphatic heterocycles. The Kier molecular flexibility index (Phi) is 4.39. The molecule has 1 heterocycles. The van der Waals surface area contributed by atoms with Gasteiger partial charge in [0.25, 0.3) is 0 Å². The number of nitrogens with zero attached hydrogens (tertiary/aromatic N) is 1. The molecular formula is C13H14N2O4. The number of imidazole rings is 1. The lowest BCUT2D eigenvalue weighted by Crippen LogP contribution is -2.25. The van der Waals surface area contributed by atoms with Gasteiger partial charge in [-0.25, -0.2) is 4.98 Å². The average Bonchev–Trinajstić information content (AvgIpc) is 2.90. The van der Waals surface area contributed by atoms with Crippen LogP contribution in [0.2, 0.25) is 0 Å². The zero-order valence-electron chi connectivity index (χ0n) is 10.2. The molecular weight excluding hydrogens is 248 g/mol. The summed E-state index contributed by atoms with van der Waals surface area (Å²) in [7, 11) is 0. The van der Waals surface area contributed by atoms with Crippen LogP contribution in [0.4, 0.5) is 0 Å². The summed E-state index contributed by atoms with van der Waals surface area (Å²) in [6, 6.07) is 9.10. The molecule has 1 atom stereocenters. The molecule has 2 N–H and O–H groups in total. The summed E-state index contributed by atoms with van der Waals surface area (Å²) in [5.41, 5.74) is 0. The number of nitrogens with one attached hydrogen (secondary N) is 1. The smallest absolute Gasteiger partial charge is 0.303 e. The van der Waals surface area contributed by atoms with E-state index >= 15 is 0 Å². The van der Waals surface area contributed by atoms with E-state index in [1.54, 1.807) is 12.1 Å². The third-order valence-electron chi connectivity index (χ3n) is 2.34. The number of H-pyrrole nitrogens is 1. The minimum atomic E-state index is -0.894. The van der Waals surface area contributed by atoms with E-state index in [2.05, 4.69) is 9.97 Å². The van der Waals surface area contributed by atoms with Crippen LogP contribution in [0, 0.1) is 0 Å². The van der Waals surface area contributed by atoms with E-state index in [4.69, 9.17) is 14.6 Å². The molecule has 1 unspecified atom stereocenters. The van der Waals surface area contributed by atoms with Crippen LogP contribution in [-0.2, 0) is 4.79 Å². The van der Waals surface area contributed by atoms with E-state index in [1.165, 1.54) is 12.5 Å². The molecule has 0 spiro atoms. The lowest BCUT2D eigenvalue weighted by atomic mass is 10.3. The van der Waals surface area contributed by atoms with Crippen molar-refractivity contribution in [2.45, 2.75) is 19.1 Å². The van der Waals surface area contributed by atoms with Crippen molar-refractivity contribution in [2.75, 3.05) is 0 Å². The van der Waals surface area contributed by atoms with Crippen LogP contribution in [-0.4, -0.2) is 27.3 Å². The number of aliphatic carboxylic acids is 1. The first kappa shape index (κ1) is 12.9. The number of hydrogen-bond donors (Lipinski definition) is 2. The minimum Gasteiger partial charge on any atom is -0.481 e. The van der Waals surface area contributed by atoms with Gasteiger partial charge in [-0.3, -0.25) is 4.79 Å².